The number of likely N-dealkylation sites (tertiary alicyclic amines) is 1. The van der Waals surface area contributed by atoms with Gasteiger partial charge in [-0.2, -0.15) is 0 Å². The summed E-state index contributed by atoms with van der Waals surface area (Å²) in [5.41, 5.74) is 1.01. The molecule has 3 rings (SSSR count). The molecule has 0 radical (unpaired) electrons. The van der Waals surface area contributed by atoms with Crippen molar-refractivity contribution in [3.8, 4) is 0 Å². The van der Waals surface area contributed by atoms with Gasteiger partial charge in [0.25, 0.3) is 0 Å². The third-order valence-corrected chi connectivity index (χ3v) is 6.36. The van der Waals surface area contributed by atoms with Gasteiger partial charge in [0, 0.05) is 27.2 Å². The van der Waals surface area contributed by atoms with Gasteiger partial charge in [-0.3, -0.25) is 0 Å². The Hall–Kier alpha value is -1.03. The minimum absolute atomic E-state index is 0.186. The third-order valence-electron chi connectivity index (χ3n) is 4.45. The Kier molecular flexibility index (Phi) is 4.49. The molecule has 0 saturated carbocycles. The summed E-state index contributed by atoms with van der Waals surface area (Å²) < 4.78 is 32.7. The van der Waals surface area contributed by atoms with Crippen molar-refractivity contribution in [3.63, 3.8) is 0 Å². The van der Waals surface area contributed by atoms with E-state index < -0.39 is 10.0 Å². The molecule has 2 aliphatic heterocycles. The van der Waals surface area contributed by atoms with Gasteiger partial charge in [-0.1, -0.05) is 5.21 Å². The molecule has 3 heterocycles. The van der Waals surface area contributed by atoms with Crippen LogP contribution in [0.15, 0.2) is 6.20 Å². The first-order valence-electron chi connectivity index (χ1n) is 7.60. The molecule has 0 N–H and O–H groups in total. The van der Waals surface area contributed by atoms with Crippen LogP contribution in [0.1, 0.15) is 24.6 Å². The summed E-state index contributed by atoms with van der Waals surface area (Å²) >= 11 is 0. The average molecular weight is 329 g/mol. The molecule has 1 saturated heterocycles. The standard InChI is InChI=1S/C13H23N5O3S/c1-16(2)22(19,20)7-3-5-17-6-4-13-12(9-17)18-11(10-21-13)8-14-15-18/h8,12-13H,3-7,9-10H2,1-2H3/t12-,13+/m1/s1. The van der Waals surface area contributed by atoms with Crippen molar-refractivity contribution in [2.24, 2.45) is 0 Å². The predicted molar refractivity (Wildman–Crippen MR) is 80.8 cm³/mol. The summed E-state index contributed by atoms with van der Waals surface area (Å²) in [6.07, 6.45) is 3.53. The Balaban J connectivity index is 1.56. The van der Waals surface area contributed by atoms with E-state index in [1.54, 1.807) is 20.3 Å². The van der Waals surface area contributed by atoms with Crippen LogP contribution in [0, 0.1) is 0 Å². The smallest absolute Gasteiger partial charge is 0.213 e. The van der Waals surface area contributed by atoms with Crippen LogP contribution in [0.25, 0.3) is 0 Å². The van der Waals surface area contributed by atoms with E-state index >= 15 is 0 Å². The first-order chi connectivity index (χ1) is 10.5. The lowest BCUT2D eigenvalue weighted by Crippen LogP contribution is -2.48. The van der Waals surface area contributed by atoms with Crippen LogP contribution in [-0.4, -0.2) is 78.2 Å². The van der Waals surface area contributed by atoms with Crippen molar-refractivity contribution in [2.75, 3.05) is 39.5 Å². The second-order valence-electron chi connectivity index (χ2n) is 6.13. The molecule has 22 heavy (non-hydrogen) atoms. The second-order valence-corrected chi connectivity index (χ2v) is 8.43. The van der Waals surface area contributed by atoms with E-state index in [4.69, 9.17) is 4.74 Å². The molecule has 2 aliphatic rings. The van der Waals surface area contributed by atoms with Gasteiger partial charge >= 0.3 is 0 Å². The highest BCUT2D eigenvalue weighted by Gasteiger charge is 2.36. The zero-order chi connectivity index (χ0) is 15.7. The summed E-state index contributed by atoms with van der Waals surface area (Å²) in [5, 5.41) is 8.14. The van der Waals surface area contributed by atoms with Gasteiger partial charge in [-0.15, -0.1) is 5.10 Å². The number of rotatable bonds is 5. The highest BCUT2D eigenvalue weighted by molar-refractivity contribution is 7.89. The van der Waals surface area contributed by atoms with E-state index in [0.717, 1.165) is 31.7 Å². The zero-order valence-electron chi connectivity index (χ0n) is 13.1. The SMILES string of the molecule is CN(C)S(=O)(=O)CCCN1CC[C@@H]2OCc3cnnn3[C@@H]2C1. The van der Waals surface area contributed by atoms with E-state index in [1.807, 2.05) is 4.68 Å². The van der Waals surface area contributed by atoms with Crippen LogP contribution < -0.4 is 0 Å². The van der Waals surface area contributed by atoms with Crippen LogP contribution in [0.5, 0.6) is 0 Å². The minimum atomic E-state index is -3.11. The number of hydrogen-bond donors (Lipinski definition) is 0. The van der Waals surface area contributed by atoms with E-state index in [-0.39, 0.29) is 17.9 Å². The van der Waals surface area contributed by atoms with Crippen LogP contribution in [0.2, 0.25) is 0 Å². The van der Waals surface area contributed by atoms with Gasteiger partial charge < -0.3 is 9.64 Å². The van der Waals surface area contributed by atoms with Gasteiger partial charge in [0.15, 0.2) is 0 Å². The number of hydrogen-bond acceptors (Lipinski definition) is 6. The van der Waals surface area contributed by atoms with Crippen molar-refractivity contribution in [1.29, 1.82) is 0 Å². The molecule has 124 valence electrons. The fourth-order valence-electron chi connectivity index (χ4n) is 3.10. The summed E-state index contributed by atoms with van der Waals surface area (Å²) in [5.74, 6) is 0.190. The lowest BCUT2D eigenvalue weighted by Gasteiger charge is -2.41. The summed E-state index contributed by atoms with van der Waals surface area (Å²) in [6, 6.07) is 0.186. The van der Waals surface area contributed by atoms with Crippen molar-refractivity contribution in [2.45, 2.75) is 31.6 Å². The molecule has 9 heteroatoms. The molecule has 0 unspecified atom stereocenters. The fourth-order valence-corrected chi connectivity index (χ4v) is 3.96. The Morgan fingerprint density at radius 1 is 1.45 bits per heavy atom. The first kappa shape index (κ1) is 15.9. The number of nitrogens with zero attached hydrogens (tertiary/aromatic N) is 5. The highest BCUT2D eigenvalue weighted by Crippen LogP contribution is 2.29. The number of fused-ring (bicyclic) bond motifs is 3. The van der Waals surface area contributed by atoms with Crippen LogP contribution in [0.4, 0.5) is 0 Å². The van der Waals surface area contributed by atoms with Crippen LogP contribution in [0.3, 0.4) is 0 Å². The van der Waals surface area contributed by atoms with Gasteiger partial charge in [0.05, 0.1) is 36.4 Å². The largest absolute Gasteiger partial charge is 0.370 e. The summed E-state index contributed by atoms with van der Waals surface area (Å²) in [4.78, 5) is 2.30. The Morgan fingerprint density at radius 3 is 3.05 bits per heavy atom. The second kappa shape index (κ2) is 6.23. The summed E-state index contributed by atoms with van der Waals surface area (Å²) in [6.45, 7) is 3.13. The third kappa shape index (κ3) is 3.17. The Bertz CT molecular complexity index is 615. The van der Waals surface area contributed by atoms with Crippen molar-refractivity contribution in [1.82, 2.24) is 24.2 Å². The van der Waals surface area contributed by atoms with Gasteiger partial charge in [0.1, 0.15) is 0 Å². The minimum Gasteiger partial charge on any atom is -0.370 e. The molecule has 0 aliphatic carbocycles. The maximum Gasteiger partial charge on any atom is 0.213 e. The molecule has 1 fully saturated rings. The van der Waals surface area contributed by atoms with Crippen molar-refractivity contribution >= 4 is 10.0 Å². The normalized spacial score (nSPS) is 26.0. The molecule has 0 aromatic carbocycles. The molecular formula is C13H23N5O3S. The van der Waals surface area contributed by atoms with Crippen LogP contribution >= 0.6 is 0 Å². The van der Waals surface area contributed by atoms with E-state index in [1.165, 1.54) is 4.31 Å². The molecule has 0 spiro atoms. The number of piperidine rings is 1. The van der Waals surface area contributed by atoms with Crippen molar-refractivity contribution in [3.05, 3.63) is 11.9 Å². The molecular weight excluding hydrogens is 306 g/mol. The quantitative estimate of drug-likeness (QED) is 0.738. The van der Waals surface area contributed by atoms with Crippen LogP contribution in [-0.2, 0) is 21.4 Å². The molecule has 2 atom stereocenters. The fraction of sp³-hybridized carbons (Fsp3) is 0.846. The first-order valence-corrected chi connectivity index (χ1v) is 9.21. The molecule has 1 aromatic rings. The summed E-state index contributed by atoms with van der Waals surface area (Å²) in [7, 11) is 0.0440. The monoisotopic (exact) mass is 329 g/mol. The van der Waals surface area contributed by atoms with Gasteiger partial charge in [-0.05, 0) is 19.4 Å². The Labute approximate surface area is 131 Å². The van der Waals surface area contributed by atoms with Gasteiger partial charge in [-0.25, -0.2) is 17.4 Å². The number of sulfonamides is 1. The lowest BCUT2D eigenvalue weighted by atomic mass is 10.0. The highest BCUT2D eigenvalue weighted by atomic mass is 32.2. The number of ether oxygens (including phenoxy) is 1. The van der Waals surface area contributed by atoms with E-state index in [9.17, 15) is 8.42 Å². The molecule has 0 bridgehead atoms. The van der Waals surface area contributed by atoms with Gasteiger partial charge in [0.2, 0.25) is 10.0 Å². The van der Waals surface area contributed by atoms with E-state index in [2.05, 4.69) is 15.2 Å². The molecule has 1 aromatic heterocycles. The number of aromatic nitrogens is 3. The van der Waals surface area contributed by atoms with E-state index in [0.29, 0.717) is 13.0 Å². The zero-order valence-corrected chi connectivity index (χ0v) is 13.9. The maximum absolute atomic E-state index is 11.8. The molecule has 0 amide bonds. The Morgan fingerprint density at radius 2 is 2.27 bits per heavy atom. The lowest BCUT2D eigenvalue weighted by molar-refractivity contribution is -0.0654. The molecule has 8 nitrogen and oxygen atoms in total. The predicted octanol–water partition coefficient (Wildman–Crippen LogP) is -0.295. The van der Waals surface area contributed by atoms with Crippen molar-refractivity contribution < 1.29 is 13.2 Å². The maximum atomic E-state index is 11.8. The topological polar surface area (TPSA) is 80.6 Å². The average Bonchev–Trinajstić information content (AvgIpc) is 2.95.